The van der Waals surface area contributed by atoms with Crippen LogP contribution in [0.2, 0.25) is 0 Å². The van der Waals surface area contributed by atoms with Crippen molar-refractivity contribution in [1.29, 1.82) is 0 Å². The van der Waals surface area contributed by atoms with E-state index in [1.165, 1.54) is 19.3 Å². The molecule has 1 unspecified atom stereocenters. The van der Waals surface area contributed by atoms with E-state index in [-0.39, 0.29) is 6.10 Å². The van der Waals surface area contributed by atoms with Crippen LogP contribution in [0, 0.1) is 0 Å². The van der Waals surface area contributed by atoms with E-state index >= 15 is 0 Å². The Hall–Kier alpha value is -0.0800. The van der Waals surface area contributed by atoms with Crippen LogP contribution in [0.5, 0.6) is 0 Å². The van der Waals surface area contributed by atoms with E-state index < -0.39 is 0 Å². The minimum Gasteiger partial charge on any atom is -0.392 e. The summed E-state index contributed by atoms with van der Waals surface area (Å²) in [5.41, 5.74) is 0. The second kappa shape index (κ2) is 8.52. The molecule has 0 amide bonds. The van der Waals surface area contributed by atoms with Gasteiger partial charge in [0, 0.05) is 12.6 Å². The van der Waals surface area contributed by atoms with Crippen LogP contribution in [0.15, 0.2) is 0 Å². The first-order valence-corrected chi connectivity index (χ1v) is 5.58. The molecule has 0 aliphatic carbocycles. The molecule has 0 aromatic rings. The molecular formula is C11H25NO. The van der Waals surface area contributed by atoms with Crippen LogP contribution in [0.3, 0.4) is 0 Å². The van der Waals surface area contributed by atoms with Gasteiger partial charge in [0.1, 0.15) is 0 Å². The first-order valence-electron chi connectivity index (χ1n) is 5.58. The van der Waals surface area contributed by atoms with Gasteiger partial charge in [0.15, 0.2) is 0 Å². The Morgan fingerprint density at radius 3 is 2.38 bits per heavy atom. The van der Waals surface area contributed by atoms with E-state index in [2.05, 4.69) is 26.1 Å². The number of aliphatic hydroxyl groups is 1. The van der Waals surface area contributed by atoms with Gasteiger partial charge in [0.2, 0.25) is 0 Å². The fourth-order valence-electron chi connectivity index (χ4n) is 1.28. The van der Waals surface area contributed by atoms with Crippen LogP contribution >= 0.6 is 0 Å². The normalized spacial score (nSPS) is 13.6. The Morgan fingerprint density at radius 2 is 1.85 bits per heavy atom. The van der Waals surface area contributed by atoms with Gasteiger partial charge in [-0.1, -0.05) is 46.5 Å². The first kappa shape index (κ1) is 12.9. The second-order valence-electron chi connectivity index (χ2n) is 4.07. The van der Waals surface area contributed by atoms with Gasteiger partial charge < -0.3 is 10.4 Å². The fraction of sp³-hybridized carbons (Fsp3) is 1.00. The molecule has 80 valence electrons. The average molecular weight is 187 g/mol. The topological polar surface area (TPSA) is 32.3 Å². The molecule has 0 aliphatic rings. The predicted molar refractivity (Wildman–Crippen MR) is 57.9 cm³/mol. The summed E-state index contributed by atoms with van der Waals surface area (Å²) in [6, 6.07) is 0.477. The summed E-state index contributed by atoms with van der Waals surface area (Å²) in [7, 11) is 0. The van der Waals surface area contributed by atoms with Gasteiger partial charge in [-0.15, -0.1) is 0 Å². The van der Waals surface area contributed by atoms with Crippen LogP contribution in [0.1, 0.15) is 52.9 Å². The zero-order valence-electron chi connectivity index (χ0n) is 9.34. The van der Waals surface area contributed by atoms with Gasteiger partial charge in [0.25, 0.3) is 0 Å². The molecule has 0 rings (SSSR count). The first-order chi connectivity index (χ1) is 6.16. The molecule has 0 heterocycles. The van der Waals surface area contributed by atoms with Crippen LogP contribution in [0.25, 0.3) is 0 Å². The highest BCUT2D eigenvalue weighted by Crippen LogP contribution is 2.04. The van der Waals surface area contributed by atoms with E-state index in [1.807, 2.05) is 0 Å². The summed E-state index contributed by atoms with van der Waals surface area (Å²) >= 11 is 0. The second-order valence-corrected chi connectivity index (χ2v) is 4.07. The molecule has 0 aromatic heterocycles. The lowest BCUT2D eigenvalue weighted by Gasteiger charge is -2.13. The highest BCUT2D eigenvalue weighted by Gasteiger charge is 2.03. The smallest absolute Gasteiger partial charge is 0.0664 e. The van der Waals surface area contributed by atoms with Crippen molar-refractivity contribution < 1.29 is 5.11 Å². The van der Waals surface area contributed by atoms with Crippen molar-refractivity contribution in [3.63, 3.8) is 0 Å². The Bertz CT molecular complexity index is 104. The third-order valence-corrected chi connectivity index (χ3v) is 2.15. The monoisotopic (exact) mass is 187 g/mol. The Morgan fingerprint density at radius 1 is 1.15 bits per heavy atom. The number of unbranched alkanes of at least 4 members (excludes halogenated alkanes) is 3. The average Bonchev–Trinajstić information content (AvgIpc) is 2.09. The number of aliphatic hydroxyl groups excluding tert-OH is 1. The zero-order chi connectivity index (χ0) is 10.1. The molecule has 0 aliphatic heterocycles. The molecule has 0 spiro atoms. The summed E-state index contributed by atoms with van der Waals surface area (Å²) in [5.74, 6) is 0. The molecule has 0 bridgehead atoms. The highest BCUT2D eigenvalue weighted by molar-refractivity contribution is 4.61. The molecule has 2 N–H and O–H groups in total. The number of hydrogen-bond donors (Lipinski definition) is 2. The molecule has 0 radical (unpaired) electrons. The molecule has 1 atom stereocenters. The van der Waals surface area contributed by atoms with Gasteiger partial charge in [-0.3, -0.25) is 0 Å². The number of hydrogen-bond acceptors (Lipinski definition) is 2. The van der Waals surface area contributed by atoms with Crippen LogP contribution < -0.4 is 5.32 Å². The standard InChI is InChI=1S/C11H25NO/c1-4-5-6-7-8-11(13)9-12-10(2)3/h10-13H,4-9H2,1-3H3. The minimum atomic E-state index is -0.153. The largest absolute Gasteiger partial charge is 0.392 e. The fourth-order valence-corrected chi connectivity index (χ4v) is 1.28. The molecule has 13 heavy (non-hydrogen) atoms. The van der Waals surface area contributed by atoms with Crippen molar-refractivity contribution in [3.05, 3.63) is 0 Å². The SMILES string of the molecule is CCCCCCC(O)CNC(C)C. The van der Waals surface area contributed by atoms with Gasteiger partial charge in [-0.25, -0.2) is 0 Å². The zero-order valence-corrected chi connectivity index (χ0v) is 9.34. The highest BCUT2D eigenvalue weighted by atomic mass is 16.3. The van der Waals surface area contributed by atoms with Crippen LogP contribution in [-0.4, -0.2) is 23.8 Å². The molecular weight excluding hydrogens is 162 g/mol. The van der Waals surface area contributed by atoms with Gasteiger partial charge in [-0.2, -0.15) is 0 Å². The third kappa shape index (κ3) is 9.84. The molecule has 2 heteroatoms. The van der Waals surface area contributed by atoms with E-state index in [4.69, 9.17) is 0 Å². The molecule has 0 saturated carbocycles. The predicted octanol–water partition coefficient (Wildman–Crippen LogP) is 2.32. The maximum Gasteiger partial charge on any atom is 0.0664 e. The van der Waals surface area contributed by atoms with Crippen LogP contribution in [-0.2, 0) is 0 Å². The molecule has 0 aromatic carbocycles. The lowest BCUT2D eigenvalue weighted by Crippen LogP contribution is -2.31. The van der Waals surface area contributed by atoms with Crippen LogP contribution in [0.4, 0.5) is 0 Å². The molecule has 0 fully saturated rings. The number of nitrogens with one attached hydrogen (secondary N) is 1. The van der Waals surface area contributed by atoms with Crippen molar-refractivity contribution in [1.82, 2.24) is 5.32 Å². The molecule has 2 nitrogen and oxygen atoms in total. The van der Waals surface area contributed by atoms with Crippen molar-refractivity contribution in [3.8, 4) is 0 Å². The van der Waals surface area contributed by atoms with Gasteiger partial charge in [-0.05, 0) is 6.42 Å². The van der Waals surface area contributed by atoms with Crippen molar-refractivity contribution in [2.24, 2.45) is 0 Å². The Labute approximate surface area is 82.7 Å². The summed E-state index contributed by atoms with van der Waals surface area (Å²) in [4.78, 5) is 0. The van der Waals surface area contributed by atoms with E-state index in [9.17, 15) is 5.11 Å². The quantitative estimate of drug-likeness (QED) is 0.572. The van der Waals surface area contributed by atoms with E-state index in [1.54, 1.807) is 0 Å². The van der Waals surface area contributed by atoms with Gasteiger partial charge in [0.05, 0.1) is 6.10 Å². The maximum absolute atomic E-state index is 9.53. The third-order valence-electron chi connectivity index (χ3n) is 2.15. The summed E-state index contributed by atoms with van der Waals surface area (Å²) in [5, 5.41) is 12.8. The Balaban J connectivity index is 3.15. The summed E-state index contributed by atoms with van der Waals surface area (Å²) in [6.45, 7) is 7.15. The lowest BCUT2D eigenvalue weighted by atomic mass is 10.1. The van der Waals surface area contributed by atoms with Gasteiger partial charge >= 0.3 is 0 Å². The lowest BCUT2D eigenvalue weighted by molar-refractivity contribution is 0.155. The number of rotatable bonds is 8. The van der Waals surface area contributed by atoms with E-state index in [0.717, 1.165) is 19.4 Å². The molecule has 0 saturated heterocycles. The Kier molecular flexibility index (Phi) is 8.46. The van der Waals surface area contributed by atoms with Crippen molar-refractivity contribution in [2.75, 3.05) is 6.54 Å². The van der Waals surface area contributed by atoms with E-state index in [0.29, 0.717) is 6.04 Å². The summed E-state index contributed by atoms with van der Waals surface area (Å²) < 4.78 is 0. The summed E-state index contributed by atoms with van der Waals surface area (Å²) in [6.07, 6.45) is 5.77. The minimum absolute atomic E-state index is 0.153. The van der Waals surface area contributed by atoms with Crippen molar-refractivity contribution >= 4 is 0 Å². The maximum atomic E-state index is 9.53. The van der Waals surface area contributed by atoms with Crippen molar-refractivity contribution in [2.45, 2.75) is 65.0 Å².